The first-order valence-electron chi connectivity index (χ1n) is 7.74. The Kier molecular flexibility index (Phi) is 4.50. The number of nitrogens with one attached hydrogen (secondary N) is 1. The summed E-state index contributed by atoms with van der Waals surface area (Å²) in [5.41, 5.74) is 1.99. The summed E-state index contributed by atoms with van der Waals surface area (Å²) in [5.74, 6) is -1.10. The van der Waals surface area contributed by atoms with Crippen LogP contribution in [0.5, 0.6) is 11.5 Å². The first-order chi connectivity index (χ1) is 12.8. The lowest BCUT2D eigenvalue weighted by Gasteiger charge is -2.06. The van der Waals surface area contributed by atoms with Gasteiger partial charge >= 0.3 is 5.69 Å². The second-order valence-corrected chi connectivity index (χ2v) is 5.79. The number of phenols is 2. The second-order valence-electron chi connectivity index (χ2n) is 5.79. The van der Waals surface area contributed by atoms with Crippen molar-refractivity contribution in [2.45, 2.75) is 6.54 Å². The molecule has 0 atom stereocenters. The van der Waals surface area contributed by atoms with Crippen LogP contribution in [-0.4, -0.2) is 41.0 Å². The predicted molar refractivity (Wildman–Crippen MR) is 95.7 cm³/mol. The molecule has 0 radical (unpaired) electrons. The van der Waals surface area contributed by atoms with Gasteiger partial charge in [-0.15, -0.1) is 0 Å². The third kappa shape index (κ3) is 3.29. The van der Waals surface area contributed by atoms with Crippen molar-refractivity contribution in [2.24, 2.45) is 19.2 Å². The number of aromatic nitrogens is 4. The molecule has 2 aromatic heterocycles. The third-order valence-corrected chi connectivity index (χ3v) is 3.93. The van der Waals surface area contributed by atoms with Crippen molar-refractivity contribution in [1.29, 1.82) is 0 Å². The predicted octanol–water partition coefficient (Wildman–Crippen LogP) is -1.00. The van der Waals surface area contributed by atoms with Crippen molar-refractivity contribution in [1.82, 2.24) is 24.1 Å². The molecule has 0 spiro atoms. The molecule has 0 saturated heterocycles. The van der Waals surface area contributed by atoms with Gasteiger partial charge in [-0.25, -0.2) is 15.2 Å². The van der Waals surface area contributed by atoms with Crippen LogP contribution in [0.15, 0.2) is 39.2 Å². The molecule has 0 fully saturated rings. The van der Waals surface area contributed by atoms with Gasteiger partial charge in [0.25, 0.3) is 11.5 Å². The molecule has 0 unspecified atom stereocenters. The Balaban J connectivity index is 1.78. The Morgan fingerprint density at radius 1 is 1.22 bits per heavy atom. The number of hydrogen-bond donors (Lipinski definition) is 3. The van der Waals surface area contributed by atoms with Crippen LogP contribution in [0.4, 0.5) is 0 Å². The standard InChI is InChI=1S/C16H16N6O5/c1-20-14-13(15(26)21(2)16(20)27)22(8-17-14)7-12(25)19-18-6-9-3-4-10(23)11(24)5-9/h3-6,8,23-24H,7H2,1-2H3,(H,19,25)/b18-6-. The molecule has 1 amide bonds. The number of carbonyl (C=O) groups is 1. The Bertz CT molecular complexity index is 1190. The van der Waals surface area contributed by atoms with Crippen LogP contribution < -0.4 is 16.7 Å². The topological polar surface area (TPSA) is 144 Å². The molecule has 0 aliphatic carbocycles. The number of aromatic hydroxyl groups is 2. The van der Waals surface area contributed by atoms with E-state index in [9.17, 15) is 24.6 Å². The Morgan fingerprint density at radius 2 is 1.96 bits per heavy atom. The van der Waals surface area contributed by atoms with Crippen LogP contribution in [0.1, 0.15) is 5.56 Å². The highest BCUT2D eigenvalue weighted by molar-refractivity contribution is 5.83. The summed E-state index contributed by atoms with van der Waals surface area (Å²) >= 11 is 0. The molecule has 27 heavy (non-hydrogen) atoms. The van der Waals surface area contributed by atoms with E-state index in [2.05, 4.69) is 15.5 Å². The van der Waals surface area contributed by atoms with Gasteiger partial charge in [-0.3, -0.25) is 18.7 Å². The number of fused-ring (bicyclic) bond motifs is 1. The Morgan fingerprint density at radius 3 is 2.67 bits per heavy atom. The number of phenolic OH excluding ortho intramolecular Hbond substituents is 2. The van der Waals surface area contributed by atoms with Crippen molar-refractivity contribution in [3.05, 3.63) is 50.9 Å². The summed E-state index contributed by atoms with van der Waals surface area (Å²) in [6.07, 6.45) is 2.58. The lowest BCUT2D eigenvalue weighted by Crippen LogP contribution is -2.38. The normalized spacial score (nSPS) is 11.3. The van der Waals surface area contributed by atoms with E-state index in [1.807, 2.05) is 0 Å². The molecule has 3 aromatic rings. The van der Waals surface area contributed by atoms with Crippen LogP contribution in [-0.2, 0) is 25.4 Å². The van der Waals surface area contributed by atoms with Gasteiger partial charge in [0.2, 0.25) is 0 Å². The zero-order valence-corrected chi connectivity index (χ0v) is 14.4. The fourth-order valence-corrected chi connectivity index (χ4v) is 2.51. The molecule has 3 N–H and O–H groups in total. The van der Waals surface area contributed by atoms with E-state index in [1.54, 1.807) is 0 Å². The maximum absolute atomic E-state index is 12.3. The first-order valence-corrected chi connectivity index (χ1v) is 7.74. The van der Waals surface area contributed by atoms with Crippen LogP contribution in [0.3, 0.4) is 0 Å². The highest BCUT2D eigenvalue weighted by Crippen LogP contribution is 2.23. The summed E-state index contributed by atoms with van der Waals surface area (Å²) in [6.45, 7) is -0.234. The molecule has 11 nitrogen and oxygen atoms in total. The maximum Gasteiger partial charge on any atom is 0.332 e. The number of imidazole rings is 1. The average molecular weight is 372 g/mol. The average Bonchev–Trinajstić information content (AvgIpc) is 3.04. The van der Waals surface area contributed by atoms with Crippen LogP contribution in [0, 0.1) is 0 Å². The van der Waals surface area contributed by atoms with Crippen LogP contribution in [0.25, 0.3) is 11.2 Å². The number of benzene rings is 1. The highest BCUT2D eigenvalue weighted by Gasteiger charge is 2.15. The summed E-state index contributed by atoms with van der Waals surface area (Å²) in [4.78, 5) is 40.3. The molecule has 2 heterocycles. The molecule has 0 aliphatic heterocycles. The lowest BCUT2D eigenvalue weighted by molar-refractivity contribution is -0.121. The summed E-state index contributed by atoms with van der Waals surface area (Å²) in [6, 6.07) is 4.06. The molecule has 1 aromatic carbocycles. The number of hydrazone groups is 1. The van der Waals surface area contributed by atoms with E-state index in [-0.39, 0.29) is 29.2 Å². The Hall–Kier alpha value is -3.89. The molecule has 140 valence electrons. The number of rotatable bonds is 4. The number of amides is 1. The molecule has 0 bridgehead atoms. The van der Waals surface area contributed by atoms with Crippen molar-refractivity contribution in [2.75, 3.05) is 0 Å². The van der Waals surface area contributed by atoms with Gasteiger partial charge in [0.15, 0.2) is 22.7 Å². The fourth-order valence-electron chi connectivity index (χ4n) is 2.51. The SMILES string of the molecule is Cn1c(=O)c2c(ncn2CC(=O)N/N=C\c2ccc(O)c(O)c2)n(C)c1=O. The quantitative estimate of drug-likeness (QED) is 0.304. The number of aryl methyl sites for hydroxylation is 1. The number of nitrogens with zero attached hydrogens (tertiary/aromatic N) is 5. The molecule has 11 heteroatoms. The highest BCUT2D eigenvalue weighted by atomic mass is 16.3. The minimum Gasteiger partial charge on any atom is -0.504 e. The largest absolute Gasteiger partial charge is 0.504 e. The minimum absolute atomic E-state index is 0.127. The van der Waals surface area contributed by atoms with E-state index < -0.39 is 17.2 Å². The first kappa shape index (κ1) is 17.9. The smallest absolute Gasteiger partial charge is 0.332 e. The zero-order chi connectivity index (χ0) is 19.7. The van der Waals surface area contributed by atoms with Gasteiger partial charge in [-0.1, -0.05) is 0 Å². The molecule has 3 rings (SSSR count). The van der Waals surface area contributed by atoms with E-state index in [4.69, 9.17) is 0 Å². The monoisotopic (exact) mass is 372 g/mol. The van der Waals surface area contributed by atoms with E-state index in [1.165, 1.54) is 54.0 Å². The summed E-state index contributed by atoms with van der Waals surface area (Å²) in [7, 11) is 2.83. The summed E-state index contributed by atoms with van der Waals surface area (Å²) in [5, 5.41) is 22.4. The fraction of sp³-hybridized carbons (Fsp3) is 0.188. The summed E-state index contributed by atoms with van der Waals surface area (Å²) < 4.78 is 3.49. The van der Waals surface area contributed by atoms with Gasteiger partial charge in [-0.2, -0.15) is 5.10 Å². The van der Waals surface area contributed by atoms with Crippen molar-refractivity contribution in [3.63, 3.8) is 0 Å². The molecular weight excluding hydrogens is 356 g/mol. The van der Waals surface area contributed by atoms with E-state index in [0.717, 1.165) is 4.57 Å². The molecule has 0 saturated carbocycles. The molecular formula is C16H16N6O5. The van der Waals surface area contributed by atoms with Crippen molar-refractivity contribution >= 4 is 23.3 Å². The zero-order valence-electron chi connectivity index (χ0n) is 14.4. The van der Waals surface area contributed by atoms with Crippen molar-refractivity contribution in [3.8, 4) is 11.5 Å². The van der Waals surface area contributed by atoms with Gasteiger partial charge in [-0.05, 0) is 23.8 Å². The van der Waals surface area contributed by atoms with Crippen molar-refractivity contribution < 1.29 is 15.0 Å². The lowest BCUT2D eigenvalue weighted by atomic mass is 10.2. The molecule has 0 aliphatic rings. The number of carbonyl (C=O) groups excluding carboxylic acids is 1. The van der Waals surface area contributed by atoms with Crippen LogP contribution in [0.2, 0.25) is 0 Å². The Labute approximate surface area is 151 Å². The third-order valence-electron chi connectivity index (χ3n) is 3.93. The van der Waals surface area contributed by atoms with Crippen LogP contribution >= 0.6 is 0 Å². The van der Waals surface area contributed by atoms with Gasteiger partial charge in [0.1, 0.15) is 6.54 Å². The van der Waals surface area contributed by atoms with Gasteiger partial charge < -0.3 is 14.8 Å². The van der Waals surface area contributed by atoms with E-state index >= 15 is 0 Å². The van der Waals surface area contributed by atoms with E-state index in [0.29, 0.717) is 5.56 Å². The van der Waals surface area contributed by atoms with Gasteiger partial charge in [0, 0.05) is 14.1 Å². The van der Waals surface area contributed by atoms with Gasteiger partial charge in [0.05, 0.1) is 12.5 Å². The minimum atomic E-state index is -0.554. The number of hydrogen-bond acceptors (Lipinski definition) is 7. The second kappa shape index (κ2) is 6.78. The maximum atomic E-state index is 12.3.